The second kappa shape index (κ2) is 3.82. The van der Waals surface area contributed by atoms with Crippen molar-refractivity contribution in [2.45, 2.75) is 6.92 Å². The summed E-state index contributed by atoms with van der Waals surface area (Å²) in [5.74, 6) is 0.170. The summed E-state index contributed by atoms with van der Waals surface area (Å²) < 4.78 is 1.13. The van der Waals surface area contributed by atoms with Gasteiger partial charge in [-0.25, -0.2) is 4.98 Å². The largest absolute Gasteiger partial charge is 0.506 e. The highest BCUT2D eigenvalue weighted by molar-refractivity contribution is 7.21. The van der Waals surface area contributed by atoms with Gasteiger partial charge in [0, 0.05) is 6.20 Å². The number of aromatic hydroxyl groups is 1. The van der Waals surface area contributed by atoms with Gasteiger partial charge in [0.15, 0.2) is 0 Å². The molecule has 1 N–H and O–H groups in total. The van der Waals surface area contributed by atoms with Gasteiger partial charge in [-0.05, 0) is 30.7 Å². The minimum atomic E-state index is 0.170. The second-order valence-electron chi connectivity index (χ2n) is 3.88. The zero-order valence-electron chi connectivity index (χ0n) is 9.21. The van der Waals surface area contributed by atoms with Gasteiger partial charge in [0.25, 0.3) is 0 Å². The molecule has 2 heterocycles. The van der Waals surface area contributed by atoms with Gasteiger partial charge in [0.1, 0.15) is 10.8 Å². The van der Waals surface area contributed by atoms with Gasteiger partial charge in [-0.2, -0.15) is 0 Å². The third kappa shape index (κ3) is 1.76. The van der Waals surface area contributed by atoms with Crippen LogP contribution < -0.4 is 0 Å². The zero-order chi connectivity index (χ0) is 11.8. The molecule has 0 atom stereocenters. The van der Waals surface area contributed by atoms with Gasteiger partial charge in [0.05, 0.1) is 22.0 Å². The molecule has 0 aliphatic rings. The predicted molar refractivity (Wildman–Crippen MR) is 69.3 cm³/mol. The van der Waals surface area contributed by atoms with Gasteiger partial charge in [-0.1, -0.05) is 6.07 Å². The number of fused-ring (bicyclic) bond motifs is 1. The molecule has 2 aromatic heterocycles. The number of benzene rings is 1. The van der Waals surface area contributed by atoms with Crippen LogP contribution in [0.5, 0.6) is 5.75 Å². The maximum atomic E-state index is 9.75. The van der Waals surface area contributed by atoms with Crippen LogP contribution in [-0.4, -0.2) is 15.1 Å². The molecule has 0 aliphatic carbocycles. The first kappa shape index (κ1) is 10.2. The fourth-order valence-electron chi connectivity index (χ4n) is 1.72. The third-order valence-electron chi connectivity index (χ3n) is 2.57. The third-order valence-corrected chi connectivity index (χ3v) is 3.64. The molecule has 3 nitrogen and oxygen atoms in total. The lowest BCUT2D eigenvalue weighted by molar-refractivity contribution is 0.474. The highest BCUT2D eigenvalue weighted by atomic mass is 32.1. The van der Waals surface area contributed by atoms with E-state index in [0.29, 0.717) is 0 Å². The standard InChI is InChI=1S/C13H10N2OS/c1-8-2-3-12-10(6-8)15-13(17-12)9-4-5-14-7-11(9)16/h2-7,16H,1H3. The van der Waals surface area contributed by atoms with Crippen molar-refractivity contribution in [1.82, 2.24) is 9.97 Å². The summed E-state index contributed by atoms with van der Waals surface area (Å²) in [6.45, 7) is 2.04. The Morgan fingerprint density at radius 1 is 1.24 bits per heavy atom. The molecule has 0 spiro atoms. The lowest BCUT2D eigenvalue weighted by Crippen LogP contribution is -1.79. The van der Waals surface area contributed by atoms with Gasteiger partial charge < -0.3 is 5.11 Å². The molecule has 3 rings (SSSR count). The van der Waals surface area contributed by atoms with Gasteiger partial charge in [-0.15, -0.1) is 11.3 Å². The minimum Gasteiger partial charge on any atom is -0.506 e. The first-order valence-electron chi connectivity index (χ1n) is 5.24. The van der Waals surface area contributed by atoms with E-state index in [1.165, 1.54) is 11.8 Å². The average molecular weight is 242 g/mol. The van der Waals surface area contributed by atoms with Crippen LogP contribution >= 0.6 is 11.3 Å². The molecule has 1 aromatic carbocycles. The van der Waals surface area contributed by atoms with Crippen molar-refractivity contribution < 1.29 is 5.11 Å². The molecule has 84 valence electrons. The SMILES string of the molecule is Cc1ccc2sc(-c3ccncc3O)nc2c1. The summed E-state index contributed by atoms with van der Waals surface area (Å²) in [6, 6.07) is 7.95. The minimum absolute atomic E-state index is 0.170. The molecule has 0 fully saturated rings. The lowest BCUT2D eigenvalue weighted by Gasteiger charge is -1.97. The summed E-state index contributed by atoms with van der Waals surface area (Å²) in [4.78, 5) is 8.40. The van der Waals surface area contributed by atoms with Crippen LogP contribution in [0, 0.1) is 6.92 Å². The van der Waals surface area contributed by atoms with E-state index < -0.39 is 0 Å². The fourth-order valence-corrected chi connectivity index (χ4v) is 2.70. The molecule has 3 aromatic rings. The van der Waals surface area contributed by atoms with Crippen LogP contribution in [-0.2, 0) is 0 Å². The molecule has 0 bridgehead atoms. The quantitative estimate of drug-likeness (QED) is 0.711. The van der Waals surface area contributed by atoms with E-state index in [4.69, 9.17) is 0 Å². The van der Waals surface area contributed by atoms with Crippen molar-refractivity contribution in [2.24, 2.45) is 0 Å². The van der Waals surface area contributed by atoms with Crippen molar-refractivity contribution in [3.63, 3.8) is 0 Å². The molecule has 0 amide bonds. The fraction of sp³-hybridized carbons (Fsp3) is 0.0769. The Labute approximate surface area is 102 Å². The van der Waals surface area contributed by atoms with E-state index in [1.54, 1.807) is 23.6 Å². The van der Waals surface area contributed by atoms with Crippen LogP contribution in [0.4, 0.5) is 0 Å². The molecular formula is C13H10N2OS. The number of thiazole rings is 1. The number of rotatable bonds is 1. The zero-order valence-corrected chi connectivity index (χ0v) is 10.0. The summed E-state index contributed by atoms with van der Waals surface area (Å²) in [7, 11) is 0. The van der Waals surface area contributed by atoms with Gasteiger partial charge >= 0.3 is 0 Å². The normalized spacial score (nSPS) is 10.9. The number of hydrogen-bond donors (Lipinski definition) is 1. The van der Waals surface area contributed by atoms with Crippen LogP contribution in [0.1, 0.15) is 5.56 Å². The Hall–Kier alpha value is -1.94. The highest BCUT2D eigenvalue weighted by Crippen LogP contribution is 2.34. The number of nitrogens with zero attached hydrogens (tertiary/aromatic N) is 2. The van der Waals surface area contributed by atoms with Crippen LogP contribution in [0.2, 0.25) is 0 Å². The lowest BCUT2D eigenvalue weighted by atomic mass is 10.2. The maximum absolute atomic E-state index is 9.75. The Morgan fingerprint density at radius 3 is 2.94 bits per heavy atom. The topological polar surface area (TPSA) is 46.0 Å². The smallest absolute Gasteiger partial charge is 0.144 e. The molecule has 0 unspecified atom stereocenters. The van der Waals surface area contributed by atoms with Crippen molar-refractivity contribution in [2.75, 3.05) is 0 Å². The Morgan fingerprint density at radius 2 is 2.12 bits per heavy atom. The second-order valence-corrected chi connectivity index (χ2v) is 4.91. The predicted octanol–water partition coefficient (Wildman–Crippen LogP) is 3.37. The van der Waals surface area contributed by atoms with Crippen LogP contribution in [0.3, 0.4) is 0 Å². The number of hydrogen-bond acceptors (Lipinski definition) is 4. The van der Waals surface area contributed by atoms with Crippen molar-refractivity contribution in [3.05, 3.63) is 42.2 Å². The number of aryl methyl sites for hydroxylation is 1. The van der Waals surface area contributed by atoms with E-state index in [0.717, 1.165) is 20.8 Å². The summed E-state index contributed by atoms with van der Waals surface area (Å²) in [5.41, 5.74) is 2.90. The van der Waals surface area contributed by atoms with Crippen LogP contribution in [0.15, 0.2) is 36.7 Å². The first-order valence-corrected chi connectivity index (χ1v) is 6.06. The maximum Gasteiger partial charge on any atom is 0.144 e. The Balaban J connectivity index is 2.22. The summed E-state index contributed by atoms with van der Waals surface area (Å²) in [5, 5.41) is 10.6. The molecule has 0 radical (unpaired) electrons. The van der Waals surface area contributed by atoms with E-state index in [-0.39, 0.29) is 5.75 Å². The van der Waals surface area contributed by atoms with Gasteiger partial charge in [0.2, 0.25) is 0 Å². The summed E-state index contributed by atoms with van der Waals surface area (Å²) in [6.07, 6.45) is 3.10. The average Bonchev–Trinajstić information content (AvgIpc) is 2.72. The monoisotopic (exact) mass is 242 g/mol. The number of aromatic nitrogens is 2. The molecular weight excluding hydrogens is 232 g/mol. The molecule has 0 aliphatic heterocycles. The molecule has 4 heteroatoms. The van der Waals surface area contributed by atoms with Crippen LogP contribution in [0.25, 0.3) is 20.8 Å². The van der Waals surface area contributed by atoms with E-state index >= 15 is 0 Å². The van der Waals surface area contributed by atoms with Crippen molar-refractivity contribution >= 4 is 21.6 Å². The van der Waals surface area contributed by atoms with E-state index in [9.17, 15) is 5.11 Å². The molecule has 0 saturated carbocycles. The van der Waals surface area contributed by atoms with E-state index in [1.807, 2.05) is 13.0 Å². The summed E-state index contributed by atoms with van der Waals surface area (Å²) >= 11 is 1.57. The highest BCUT2D eigenvalue weighted by Gasteiger charge is 2.09. The Kier molecular flexibility index (Phi) is 2.30. The number of pyridine rings is 1. The van der Waals surface area contributed by atoms with E-state index in [2.05, 4.69) is 22.1 Å². The van der Waals surface area contributed by atoms with Gasteiger partial charge in [-0.3, -0.25) is 4.98 Å². The van der Waals surface area contributed by atoms with Crippen molar-refractivity contribution in [1.29, 1.82) is 0 Å². The Bertz CT molecular complexity index is 691. The van der Waals surface area contributed by atoms with Crippen molar-refractivity contribution in [3.8, 4) is 16.3 Å². The molecule has 0 saturated heterocycles. The molecule has 17 heavy (non-hydrogen) atoms. The first-order chi connectivity index (χ1) is 8.24.